The smallest absolute Gasteiger partial charge is 0.390 e. The van der Waals surface area contributed by atoms with E-state index in [0.717, 1.165) is 0 Å². The number of nitrogens with zero attached hydrogens (tertiary/aromatic N) is 2. The van der Waals surface area contributed by atoms with Gasteiger partial charge in [-0.2, -0.15) is 16.8 Å². The fourth-order valence-corrected chi connectivity index (χ4v) is 6.03. The molecule has 36 heavy (non-hydrogen) atoms. The molecular weight excluding hydrogens is 557 g/mol. The first-order valence-corrected chi connectivity index (χ1v) is 19.4. The molecule has 0 atom stereocenters. The highest BCUT2D eigenvalue weighted by Gasteiger charge is 2.27. The molecule has 0 spiro atoms. The fourth-order valence-electron chi connectivity index (χ4n) is 3.63. The molecule has 0 saturated carbocycles. The van der Waals surface area contributed by atoms with Gasteiger partial charge in [0, 0.05) is 25.2 Å². The molecule has 0 aromatic rings. The monoisotopic (exact) mass is 600 g/mol. The maximum atomic E-state index is 10.9. The lowest BCUT2D eigenvalue weighted by Gasteiger charge is -2.28. The number of unbranched alkanes of at least 4 members (excludes halogenated alkanes) is 4. The van der Waals surface area contributed by atoms with Crippen molar-refractivity contribution in [2.45, 2.75) is 63.5 Å². The second kappa shape index (κ2) is 17.5. The Bertz CT molecular complexity index is 723. The molecule has 14 nitrogen and oxygen atoms in total. The Kier molecular flexibility index (Phi) is 17.5. The molecule has 0 saturated heterocycles. The zero-order chi connectivity index (χ0) is 27.9. The molecular formula is C18H44N2O12S2Si2. The highest BCUT2D eigenvalue weighted by Crippen LogP contribution is 2.09. The van der Waals surface area contributed by atoms with Gasteiger partial charge in [-0.1, -0.05) is 12.8 Å². The second-order valence-corrected chi connectivity index (χ2v) is 16.4. The van der Waals surface area contributed by atoms with E-state index in [4.69, 9.17) is 9.11 Å². The SMILES string of the molecule is O=S(=O)(O)CCCCCN(CCC[Si](O)(O)O)CCN(CCCCCS(=O)(=O)O)CCC[Si](O)(O)O. The van der Waals surface area contributed by atoms with Crippen LogP contribution in [0.25, 0.3) is 0 Å². The Morgan fingerprint density at radius 3 is 1.03 bits per heavy atom. The first-order chi connectivity index (χ1) is 16.4. The molecule has 0 aromatic carbocycles. The van der Waals surface area contributed by atoms with Crippen LogP contribution in [0, 0.1) is 0 Å². The highest BCUT2D eigenvalue weighted by molar-refractivity contribution is 7.86. The second-order valence-electron chi connectivity index (χ2n) is 9.13. The highest BCUT2D eigenvalue weighted by atomic mass is 32.2. The third-order valence-electron chi connectivity index (χ3n) is 5.46. The number of hydrogen-bond acceptors (Lipinski definition) is 12. The Balaban J connectivity index is 4.84. The number of rotatable bonds is 23. The van der Waals surface area contributed by atoms with Crippen molar-refractivity contribution in [2.75, 3.05) is 50.8 Å². The van der Waals surface area contributed by atoms with Crippen LogP contribution in [0.5, 0.6) is 0 Å². The summed E-state index contributed by atoms with van der Waals surface area (Å²) in [5.74, 6) is -0.644. The molecule has 0 unspecified atom stereocenters. The van der Waals surface area contributed by atoms with Gasteiger partial charge in [-0.3, -0.25) is 9.11 Å². The minimum Gasteiger partial charge on any atom is -0.390 e. The molecule has 0 radical (unpaired) electrons. The predicted octanol–water partition coefficient (Wildman–Crippen LogP) is -1.68. The minimum absolute atomic E-state index is 0.125. The molecule has 0 heterocycles. The normalized spacial score (nSPS) is 13.7. The van der Waals surface area contributed by atoms with E-state index in [0.29, 0.717) is 90.6 Å². The molecule has 0 bridgehead atoms. The fraction of sp³-hybridized carbons (Fsp3) is 1.00. The molecule has 0 aromatic heterocycles. The average Bonchev–Trinajstić information content (AvgIpc) is 2.66. The van der Waals surface area contributed by atoms with Gasteiger partial charge >= 0.3 is 17.6 Å². The lowest BCUT2D eigenvalue weighted by molar-refractivity contribution is 0.186. The van der Waals surface area contributed by atoms with Crippen molar-refractivity contribution in [2.24, 2.45) is 0 Å². The summed E-state index contributed by atoms with van der Waals surface area (Å²) in [6.45, 7) is 3.14. The third-order valence-corrected chi connectivity index (χ3v) is 9.12. The van der Waals surface area contributed by atoms with Gasteiger partial charge in [0.05, 0.1) is 11.5 Å². The van der Waals surface area contributed by atoms with Gasteiger partial charge in [-0.15, -0.1) is 0 Å². The van der Waals surface area contributed by atoms with Crippen LogP contribution < -0.4 is 0 Å². The average molecular weight is 601 g/mol. The van der Waals surface area contributed by atoms with E-state index in [1.54, 1.807) is 0 Å². The molecule has 0 fully saturated rings. The van der Waals surface area contributed by atoms with Gasteiger partial charge in [0.15, 0.2) is 0 Å². The van der Waals surface area contributed by atoms with Crippen LogP contribution >= 0.6 is 0 Å². The first-order valence-electron chi connectivity index (χ1n) is 12.1. The van der Waals surface area contributed by atoms with Gasteiger partial charge in [0.2, 0.25) is 0 Å². The Morgan fingerprint density at radius 1 is 0.444 bits per heavy atom. The standard InChI is InChI=1S/C18H44N2O12S2Si2/c21-33(22,23)15-5-1-3-9-19(11-7-17-35(27,28)29)13-14-20(12-8-18-36(30,31)32)10-4-2-6-16-34(24,25)26/h27-32H,1-18H2,(H,21,22,23)(H,24,25,26). The van der Waals surface area contributed by atoms with Crippen LogP contribution in [-0.4, -0.2) is 133 Å². The van der Waals surface area contributed by atoms with E-state index >= 15 is 0 Å². The molecule has 0 aliphatic carbocycles. The van der Waals surface area contributed by atoms with Crippen molar-refractivity contribution in [3.05, 3.63) is 0 Å². The summed E-state index contributed by atoms with van der Waals surface area (Å²) >= 11 is 0. The summed E-state index contributed by atoms with van der Waals surface area (Å²) in [7, 11) is -16.4. The largest absolute Gasteiger partial charge is 0.492 e. The van der Waals surface area contributed by atoms with E-state index in [-0.39, 0.29) is 23.6 Å². The van der Waals surface area contributed by atoms with Crippen molar-refractivity contribution >= 4 is 37.8 Å². The Hall–Kier alpha value is -0.0662. The quantitative estimate of drug-likeness (QED) is 0.0371. The van der Waals surface area contributed by atoms with E-state index < -0.39 is 37.8 Å². The zero-order valence-electron chi connectivity index (χ0n) is 20.6. The summed E-state index contributed by atoms with van der Waals surface area (Å²) in [6.07, 6.45) is 3.67. The summed E-state index contributed by atoms with van der Waals surface area (Å²) < 4.78 is 61.1. The zero-order valence-corrected chi connectivity index (χ0v) is 24.3. The summed E-state index contributed by atoms with van der Waals surface area (Å²) in [6, 6.07) is -0.250. The van der Waals surface area contributed by atoms with Crippen LogP contribution in [0.15, 0.2) is 0 Å². The van der Waals surface area contributed by atoms with E-state index in [9.17, 15) is 45.6 Å². The van der Waals surface area contributed by atoms with Gasteiger partial charge in [0.25, 0.3) is 20.2 Å². The Morgan fingerprint density at radius 2 is 0.750 bits per heavy atom. The van der Waals surface area contributed by atoms with Gasteiger partial charge in [0.1, 0.15) is 0 Å². The van der Waals surface area contributed by atoms with Crippen LogP contribution in [0.3, 0.4) is 0 Å². The summed E-state index contributed by atoms with van der Waals surface area (Å²) in [4.78, 5) is 59.6. The van der Waals surface area contributed by atoms with Crippen LogP contribution in [0.2, 0.25) is 12.1 Å². The van der Waals surface area contributed by atoms with Gasteiger partial charge < -0.3 is 38.6 Å². The molecule has 0 amide bonds. The minimum atomic E-state index is -4.17. The topological polar surface area (TPSA) is 237 Å². The van der Waals surface area contributed by atoms with Crippen molar-refractivity contribution < 1.29 is 54.7 Å². The molecule has 0 rings (SSSR count). The van der Waals surface area contributed by atoms with E-state index in [1.165, 1.54) is 0 Å². The first kappa shape index (κ1) is 35.9. The van der Waals surface area contributed by atoms with Crippen molar-refractivity contribution in [3.8, 4) is 0 Å². The molecule has 8 N–H and O–H groups in total. The molecule has 0 aliphatic rings. The predicted molar refractivity (Wildman–Crippen MR) is 137 cm³/mol. The van der Waals surface area contributed by atoms with E-state index in [2.05, 4.69) is 0 Å². The summed E-state index contributed by atoms with van der Waals surface area (Å²) in [5, 5.41) is 0. The van der Waals surface area contributed by atoms with E-state index in [1.807, 2.05) is 9.80 Å². The molecule has 18 heteroatoms. The maximum absolute atomic E-state index is 10.9. The summed E-state index contributed by atoms with van der Waals surface area (Å²) in [5.41, 5.74) is 0. The maximum Gasteiger partial charge on any atom is 0.492 e. The van der Waals surface area contributed by atoms with Crippen LogP contribution in [0.1, 0.15) is 51.4 Å². The van der Waals surface area contributed by atoms with Gasteiger partial charge in [-0.05, 0) is 64.7 Å². The van der Waals surface area contributed by atoms with Crippen molar-refractivity contribution in [1.29, 1.82) is 0 Å². The molecule has 218 valence electrons. The Labute approximate surface area is 216 Å². The van der Waals surface area contributed by atoms with Gasteiger partial charge in [-0.25, -0.2) is 0 Å². The van der Waals surface area contributed by atoms with Crippen LogP contribution in [0.4, 0.5) is 0 Å². The third kappa shape index (κ3) is 27.0. The van der Waals surface area contributed by atoms with Crippen LogP contribution in [-0.2, 0) is 20.2 Å². The molecule has 0 aliphatic heterocycles. The van der Waals surface area contributed by atoms with Crippen molar-refractivity contribution in [1.82, 2.24) is 9.80 Å². The number of hydrogen-bond donors (Lipinski definition) is 8. The lowest BCUT2D eigenvalue weighted by atomic mass is 10.2. The lowest BCUT2D eigenvalue weighted by Crippen LogP contribution is -2.40. The van der Waals surface area contributed by atoms with Crippen molar-refractivity contribution in [3.63, 3.8) is 0 Å².